The number of H-pyrrole nitrogens is 1. The van der Waals surface area contributed by atoms with E-state index in [0.717, 1.165) is 10.8 Å². The SMILES string of the molecule is Cc1cn(C2(N=[N+]=[N-])CC(O)C(COP(=O)(O)O)O2)c(=O)[nH]c1=O. The summed E-state index contributed by atoms with van der Waals surface area (Å²) >= 11 is 0. The van der Waals surface area contributed by atoms with Crippen molar-refractivity contribution in [3.63, 3.8) is 0 Å². The topological polar surface area (TPSA) is 200 Å². The molecule has 0 aliphatic carbocycles. The van der Waals surface area contributed by atoms with Crippen LogP contribution < -0.4 is 11.2 Å². The lowest BCUT2D eigenvalue weighted by atomic mass is 10.1. The van der Waals surface area contributed by atoms with E-state index in [1.807, 2.05) is 4.98 Å². The highest BCUT2D eigenvalue weighted by Gasteiger charge is 2.48. The molecule has 24 heavy (non-hydrogen) atoms. The molecule has 1 aliphatic rings. The first-order valence-corrected chi connectivity index (χ1v) is 8.06. The van der Waals surface area contributed by atoms with Crippen LogP contribution in [0.15, 0.2) is 20.9 Å². The highest BCUT2D eigenvalue weighted by molar-refractivity contribution is 7.46. The van der Waals surface area contributed by atoms with Crippen LogP contribution in [0.5, 0.6) is 0 Å². The summed E-state index contributed by atoms with van der Waals surface area (Å²) in [6.45, 7) is 0.698. The van der Waals surface area contributed by atoms with Gasteiger partial charge in [0.05, 0.1) is 12.7 Å². The number of phosphoric ester groups is 1. The summed E-state index contributed by atoms with van der Waals surface area (Å²) in [6, 6.07) is 0. The quantitative estimate of drug-likeness (QED) is 0.221. The van der Waals surface area contributed by atoms with Gasteiger partial charge in [-0.05, 0) is 17.6 Å². The van der Waals surface area contributed by atoms with Crippen molar-refractivity contribution in [1.82, 2.24) is 9.55 Å². The van der Waals surface area contributed by atoms with Crippen molar-refractivity contribution in [2.45, 2.75) is 31.4 Å². The van der Waals surface area contributed by atoms with E-state index in [4.69, 9.17) is 20.1 Å². The number of aliphatic hydroxyl groups excluding tert-OH is 1. The third-order valence-electron chi connectivity index (χ3n) is 3.35. The molecule has 1 saturated heterocycles. The van der Waals surface area contributed by atoms with E-state index in [-0.39, 0.29) is 5.56 Å². The third-order valence-corrected chi connectivity index (χ3v) is 3.83. The summed E-state index contributed by atoms with van der Waals surface area (Å²) in [5.41, 5.74) is 7.28. The number of rotatable bonds is 5. The Hall–Kier alpha value is -1.98. The second-order valence-corrected chi connectivity index (χ2v) is 6.33. The van der Waals surface area contributed by atoms with Crippen LogP contribution in [-0.2, 0) is 19.7 Å². The predicted molar refractivity (Wildman–Crippen MR) is 76.7 cm³/mol. The lowest BCUT2D eigenvalue weighted by molar-refractivity contribution is -0.114. The zero-order valence-corrected chi connectivity index (χ0v) is 13.2. The summed E-state index contributed by atoms with van der Waals surface area (Å²) in [5, 5.41) is 13.4. The molecule has 0 aromatic carbocycles. The zero-order chi connectivity index (χ0) is 18.1. The summed E-state index contributed by atoms with van der Waals surface area (Å²) in [6.07, 6.45) is -1.92. The first-order chi connectivity index (χ1) is 11.1. The Bertz CT molecular complexity index is 838. The molecular weight excluding hydrogens is 349 g/mol. The van der Waals surface area contributed by atoms with Crippen LogP contribution in [0.1, 0.15) is 12.0 Å². The average molecular weight is 363 g/mol. The maximum Gasteiger partial charge on any atom is 0.469 e. The van der Waals surface area contributed by atoms with Crippen molar-refractivity contribution in [3.8, 4) is 0 Å². The lowest BCUT2D eigenvalue weighted by Crippen LogP contribution is -2.43. The molecule has 3 atom stereocenters. The monoisotopic (exact) mass is 363 g/mol. The van der Waals surface area contributed by atoms with Crippen LogP contribution in [0.2, 0.25) is 0 Å². The normalized spacial score (nSPS) is 27.0. The van der Waals surface area contributed by atoms with Crippen molar-refractivity contribution >= 4 is 7.82 Å². The van der Waals surface area contributed by atoms with Crippen molar-refractivity contribution < 1.29 is 28.7 Å². The largest absolute Gasteiger partial charge is 0.469 e. The molecule has 0 amide bonds. The Morgan fingerprint density at radius 1 is 1.62 bits per heavy atom. The Balaban J connectivity index is 2.42. The Morgan fingerprint density at radius 3 is 2.88 bits per heavy atom. The van der Waals surface area contributed by atoms with Gasteiger partial charge in [-0.15, -0.1) is 0 Å². The number of azide groups is 1. The van der Waals surface area contributed by atoms with E-state index in [1.165, 1.54) is 6.92 Å². The van der Waals surface area contributed by atoms with Gasteiger partial charge >= 0.3 is 13.5 Å². The second-order valence-electron chi connectivity index (χ2n) is 5.09. The summed E-state index contributed by atoms with van der Waals surface area (Å²) in [7, 11) is -4.81. The maximum absolute atomic E-state index is 12.0. The molecule has 1 fully saturated rings. The van der Waals surface area contributed by atoms with Crippen LogP contribution in [-0.4, -0.2) is 43.3 Å². The van der Waals surface area contributed by atoms with Crippen LogP contribution in [0, 0.1) is 6.92 Å². The summed E-state index contributed by atoms with van der Waals surface area (Å²) in [5.74, 6) is -2.01. The molecule has 4 N–H and O–H groups in total. The van der Waals surface area contributed by atoms with Gasteiger partial charge in [0.15, 0.2) is 0 Å². The molecule has 2 rings (SSSR count). The van der Waals surface area contributed by atoms with Gasteiger partial charge in [-0.25, -0.2) is 9.36 Å². The number of ether oxygens (including phenoxy) is 1. The van der Waals surface area contributed by atoms with E-state index in [1.54, 1.807) is 0 Å². The predicted octanol–water partition coefficient (Wildman–Crippen LogP) is -0.975. The van der Waals surface area contributed by atoms with Crippen LogP contribution in [0.4, 0.5) is 0 Å². The van der Waals surface area contributed by atoms with Crippen molar-refractivity contribution in [2.24, 2.45) is 5.11 Å². The molecule has 0 spiro atoms. The van der Waals surface area contributed by atoms with Gasteiger partial charge in [0.2, 0.25) is 5.85 Å². The highest BCUT2D eigenvalue weighted by atomic mass is 31.2. The summed E-state index contributed by atoms with van der Waals surface area (Å²) in [4.78, 5) is 45.4. The molecule has 132 valence electrons. The number of aryl methyl sites for hydroxylation is 1. The average Bonchev–Trinajstić information content (AvgIpc) is 2.77. The molecule has 3 unspecified atom stereocenters. The van der Waals surface area contributed by atoms with Gasteiger partial charge in [0, 0.05) is 23.1 Å². The molecule has 0 saturated carbocycles. The lowest BCUT2D eigenvalue weighted by Gasteiger charge is -2.26. The number of nitrogens with zero attached hydrogens (tertiary/aromatic N) is 4. The number of aromatic nitrogens is 2. The number of hydrogen-bond donors (Lipinski definition) is 4. The van der Waals surface area contributed by atoms with Crippen molar-refractivity contribution in [3.05, 3.63) is 43.0 Å². The minimum atomic E-state index is -4.81. The summed E-state index contributed by atoms with van der Waals surface area (Å²) < 4.78 is 21.2. The van der Waals surface area contributed by atoms with Gasteiger partial charge in [0.25, 0.3) is 5.56 Å². The fraction of sp³-hybridized carbons (Fsp3) is 0.600. The zero-order valence-electron chi connectivity index (χ0n) is 12.3. The molecule has 0 bridgehead atoms. The van der Waals surface area contributed by atoms with Gasteiger partial charge in [-0.1, -0.05) is 0 Å². The van der Waals surface area contributed by atoms with Gasteiger partial charge in [0.1, 0.15) is 6.10 Å². The molecular formula is C10H14N5O8P. The smallest absolute Gasteiger partial charge is 0.390 e. The van der Waals surface area contributed by atoms with Gasteiger partial charge < -0.3 is 19.6 Å². The Labute approximate surface area is 133 Å². The number of hydrogen-bond acceptors (Lipinski definition) is 7. The van der Waals surface area contributed by atoms with Gasteiger partial charge in [-0.3, -0.25) is 18.9 Å². The molecule has 1 aromatic heterocycles. The maximum atomic E-state index is 12.0. The van der Waals surface area contributed by atoms with E-state index >= 15 is 0 Å². The molecule has 0 radical (unpaired) electrons. The van der Waals surface area contributed by atoms with Crippen LogP contribution >= 0.6 is 7.82 Å². The van der Waals surface area contributed by atoms with Crippen LogP contribution in [0.3, 0.4) is 0 Å². The first kappa shape index (κ1) is 18.4. The number of aliphatic hydroxyl groups is 1. The van der Waals surface area contributed by atoms with Crippen molar-refractivity contribution in [2.75, 3.05) is 6.61 Å². The van der Waals surface area contributed by atoms with E-state index in [2.05, 4.69) is 14.5 Å². The highest BCUT2D eigenvalue weighted by Crippen LogP contribution is 2.40. The fourth-order valence-corrected chi connectivity index (χ4v) is 2.59. The van der Waals surface area contributed by atoms with E-state index in [0.29, 0.717) is 0 Å². The minimum Gasteiger partial charge on any atom is -0.390 e. The van der Waals surface area contributed by atoms with Gasteiger partial charge in [-0.2, -0.15) is 0 Å². The minimum absolute atomic E-state index is 0.120. The van der Waals surface area contributed by atoms with Crippen LogP contribution in [0.25, 0.3) is 10.4 Å². The number of phosphoric acid groups is 1. The van der Waals surface area contributed by atoms with E-state index in [9.17, 15) is 19.3 Å². The fourth-order valence-electron chi connectivity index (χ4n) is 2.25. The third kappa shape index (κ3) is 3.74. The molecule has 13 nitrogen and oxygen atoms in total. The molecule has 1 aromatic rings. The van der Waals surface area contributed by atoms with E-state index < -0.39 is 50.2 Å². The standard InChI is InChI=1S/C10H14N5O8P/c1-5-3-15(9(18)12-8(5)17)10(13-14-11)2-6(16)7(23-10)4-22-24(19,20)21/h3,6-7,16H,2,4H2,1H3,(H,12,17,18)(H2,19,20,21). The molecule has 2 heterocycles. The first-order valence-electron chi connectivity index (χ1n) is 6.53. The van der Waals surface area contributed by atoms with Crippen molar-refractivity contribution in [1.29, 1.82) is 0 Å². The Kier molecular flexibility index (Phi) is 4.97. The number of nitrogens with one attached hydrogen (secondary N) is 1. The molecule has 14 heteroatoms. The Morgan fingerprint density at radius 2 is 2.29 bits per heavy atom. The molecule has 1 aliphatic heterocycles. The number of aromatic amines is 1. The second kappa shape index (κ2) is 6.49.